The fraction of sp³-hybridized carbons (Fsp3) is 0.900. The number of hydrogen-bond donors (Lipinski definition) is 3. The number of hydrogen-bond acceptors (Lipinski definition) is 6. The predicted octanol–water partition coefficient (Wildman–Crippen LogP) is 4.54. The van der Waals surface area contributed by atoms with Crippen LogP contribution in [0.5, 0.6) is 0 Å². The number of ketones is 1. The van der Waals surface area contributed by atoms with Gasteiger partial charge in [0, 0.05) is 11.3 Å². The third-order valence-electron chi connectivity index (χ3n) is 11.3. The first kappa shape index (κ1) is 26.8. The van der Waals surface area contributed by atoms with Gasteiger partial charge in [0.15, 0.2) is 11.6 Å². The molecule has 1 aliphatic heterocycles. The lowest BCUT2D eigenvalue weighted by Crippen LogP contribution is -2.60. The van der Waals surface area contributed by atoms with Crippen molar-refractivity contribution in [3.05, 3.63) is 11.6 Å². The second-order valence-electron chi connectivity index (χ2n) is 14.5. The molecule has 0 radical (unpaired) electrons. The highest BCUT2D eigenvalue weighted by Gasteiger charge is 2.68. The molecule has 3 N–H and O–H groups in total. The van der Waals surface area contributed by atoms with Gasteiger partial charge in [-0.25, -0.2) is 0 Å². The molecule has 0 aromatic carbocycles. The van der Waals surface area contributed by atoms with Crippen molar-refractivity contribution in [2.75, 3.05) is 0 Å². The summed E-state index contributed by atoms with van der Waals surface area (Å²) in [6.07, 6.45) is 7.06. The van der Waals surface area contributed by atoms with Gasteiger partial charge >= 0.3 is 0 Å². The molecule has 5 aliphatic rings. The molecule has 1 heterocycles. The van der Waals surface area contributed by atoms with Crippen molar-refractivity contribution in [2.45, 2.75) is 135 Å². The van der Waals surface area contributed by atoms with Crippen LogP contribution in [0.3, 0.4) is 0 Å². The molecule has 6 heteroatoms. The lowest BCUT2D eigenvalue weighted by Gasteiger charge is -2.60. The topological polar surface area (TPSA) is 96.2 Å². The van der Waals surface area contributed by atoms with E-state index in [0.29, 0.717) is 25.7 Å². The van der Waals surface area contributed by atoms with Crippen LogP contribution < -0.4 is 0 Å². The van der Waals surface area contributed by atoms with Gasteiger partial charge in [0.1, 0.15) is 0 Å². The molecule has 4 fully saturated rings. The second kappa shape index (κ2) is 8.35. The summed E-state index contributed by atoms with van der Waals surface area (Å²) in [6, 6.07) is 0. The van der Waals surface area contributed by atoms with Gasteiger partial charge in [-0.2, -0.15) is 0 Å². The number of carbonyl (C=O) groups excluding carboxylic acids is 1. The molecular weight excluding hydrogens is 456 g/mol. The summed E-state index contributed by atoms with van der Waals surface area (Å²) in [6.45, 7) is 14.0. The van der Waals surface area contributed by atoms with E-state index in [1.165, 1.54) is 0 Å². The highest BCUT2D eigenvalue weighted by molar-refractivity contribution is 5.95. The van der Waals surface area contributed by atoms with Gasteiger partial charge in [-0.05, 0) is 114 Å². The van der Waals surface area contributed by atoms with E-state index in [1.807, 2.05) is 19.9 Å². The second-order valence-corrected chi connectivity index (χ2v) is 14.5. The van der Waals surface area contributed by atoms with Crippen molar-refractivity contribution in [3.63, 3.8) is 0 Å². The first-order valence-electron chi connectivity index (χ1n) is 14.3. The van der Waals surface area contributed by atoms with Crippen LogP contribution in [0, 0.1) is 34.5 Å². The first-order valence-corrected chi connectivity index (χ1v) is 14.3. The lowest BCUT2D eigenvalue weighted by molar-refractivity contribution is -0.147. The summed E-state index contributed by atoms with van der Waals surface area (Å²) >= 11 is 0. The van der Waals surface area contributed by atoms with Gasteiger partial charge in [0.25, 0.3) is 0 Å². The number of carbonyl (C=O) groups is 1. The zero-order valence-corrected chi connectivity index (χ0v) is 23.3. The highest BCUT2D eigenvalue weighted by Crippen LogP contribution is 2.68. The smallest absolute Gasteiger partial charge is 0.163 e. The molecule has 0 unspecified atom stereocenters. The third kappa shape index (κ3) is 3.97. The average molecular weight is 505 g/mol. The minimum atomic E-state index is -1.03. The van der Waals surface area contributed by atoms with Gasteiger partial charge in [-0.3, -0.25) is 4.79 Å². The molecule has 0 aromatic heterocycles. The predicted molar refractivity (Wildman–Crippen MR) is 137 cm³/mol. The van der Waals surface area contributed by atoms with Crippen molar-refractivity contribution >= 4 is 5.78 Å². The molecule has 0 bridgehead atoms. The van der Waals surface area contributed by atoms with Crippen LogP contribution in [0.15, 0.2) is 11.6 Å². The summed E-state index contributed by atoms with van der Waals surface area (Å²) in [5.41, 5.74) is -1.53. The molecular formula is C30H48O6. The largest absolute Gasteiger partial charge is 0.393 e. The van der Waals surface area contributed by atoms with Crippen molar-refractivity contribution in [1.82, 2.24) is 0 Å². The summed E-state index contributed by atoms with van der Waals surface area (Å²) in [7, 11) is 0. The van der Waals surface area contributed by atoms with Crippen molar-refractivity contribution in [2.24, 2.45) is 34.5 Å². The van der Waals surface area contributed by atoms with Crippen LogP contribution in [0.4, 0.5) is 0 Å². The minimum Gasteiger partial charge on any atom is -0.393 e. The SMILES string of the molecule is C[C@@H]([C@H]1CC[C@@]2(O)C3=CC(=O)[C@@H]4C[C@H]5OC(C)(C)O[C@H]5C[C@]4(C)[C@H]3CC[C@]12C)[C@@H](O)CCC(C)(C)O. The van der Waals surface area contributed by atoms with Gasteiger partial charge in [-0.15, -0.1) is 0 Å². The number of ether oxygens (including phenoxy) is 2. The molecule has 4 aliphatic carbocycles. The Kier molecular flexibility index (Phi) is 6.22. The van der Waals surface area contributed by atoms with Gasteiger partial charge in [-0.1, -0.05) is 20.8 Å². The Morgan fingerprint density at radius 2 is 1.75 bits per heavy atom. The molecule has 0 amide bonds. The van der Waals surface area contributed by atoms with Crippen molar-refractivity contribution < 1.29 is 29.6 Å². The number of aliphatic hydroxyl groups excluding tert-OH is 1. The van der Waals surface area contributed by atoms with E-state index in [9.17, 15) is 20.1 Å². The van der Waals surface area contributed by atoms with Crippen LogP contribution >= 0.6 is 0 Å². The zero-order chi connectivity index (χ0) is 26.5. The Labute approximate surface area is 216 Å². The molecule has 0 spiro atoms. The van der Waals surface area contributed by atoms with Gasteiger partial charge < -0.3 is 24.8 Å². The lowest BCUT2D eigenvalue weighted by atomic mass is 9.46. The number of fused-ring (bicyclic) bond motifs is 6. The van der Waals surface area contributed by atoms with Gasteiger partial charge in [0.05, 0.1) is 29.5 Å². The Morgan fingerprint density at radius 3 is 2.42 bits per heavy atom. The minimum absolute atomic E-state index is 0.00728. The Balaban J connectivity index is 1.42. The summed E-state index contributed by atoms with van der Waals surface area (Å²) in [5, 5.41) is 33.6. The Bertz CT molecular complexity index is 934. The van der Waals surface area contributed by atoms with Crippen molar-refractivity contribution in [3.8, 4) is 0 Å². The maximum Gasteiger partial charge on any atom is 0.163 e. The normalized spacial score (nSPS) is 47.3. The van der Waals surface area contributed by atoms with E-state index in [1.54, 1.807) is 13.8 Å². The van der Waals surface area contributed by atoms with Crippen LogP contribution in [-0.4, -0.2) is 56.4 Å². The maximum absolute atomic E-state index is 13.6. The Hall–Kier alpha value is -0.790. The van der Waals surface area contributed by atoms with E-state index in [4.69, 9.17) is 9.47 Å². The molecule has 6 nitrogen and oxygen atoms in total. The zero-order valence-electron chi connectivity index (χ0n) is 23.3. The molecule has 10 atom stereocenters. The van der Waals surface area contributed by atoms with E-state index in [-0.39, 0.29) is 52.5 Å². The van der Waals surface area contributed by atoms with E-state index in [2.05, 4.69) is 20.8 Å². The van der Waals surface area contributed by atoms with Crippen LogP contribution in [0.2, 0.25) is 0 Å². The standard InChI is InChI=1S/C30H48O6/c1-17(22(31)10-11-26(2,3)33)18-9-13-30(34)20-14-23(32)21-15-24-25(36-27(4,5)35-24)16-28(21,6)19(20)8-12-29(18,30)7/h14,17-19,21-22,24-25,31,33-34H,8-13,15-16H2,1-7H3/t17-,18+,19-,21-,22-,24+,25-,28+,29+,30+/m0/s1. The highest BCUT2D eigenvalue weighted by atomic mass is 16.7. The van der Waals surface area contributed by atoms with Crippen LogP contribution in [-0.2, 0) is 14.3 Å². The Morgan fingerprint density at radius 1 is 1.08 bits per heavy atom. The van der Waals surface area contributed by atoms with Crippen LogP contribution in [0.1, 0.15) is 99.8 Å². The average Bonchev–Trinajstić information content (AvgIpc) is 3.21. The maximum atomic E-state index is 13.6. The first-order chi connectivity index (χ1) is 16.5. The van der Waals surface area contributed by atoms with E-state index < -0.39 is 23.1 Å². The fourth-order valence-corrected chi connectivity index (χ4v) is 9.25. The van der Waals surface area contributed by atoms with Crippen molar-refractivity contribution in [1.29, 1.82) is 0 Å². The number of rotatable bonds is 5. The fourth-order valence-electron chi connectivity index (χ4n) is 9.25. The molecule has 5 rings (SSSR count). The summed E-state index contributed by atoms with van der Waals surface area (Å²) in [5.74, 6) is -0.269. The molecule has 204 valence electrons. The molecule has 0 aromatic rings. The third-order valence-corrected chi connectivity index (χ3v) is 11.3. The number of aliphatic hydroxyl groups is 3. The summed E-state index contributed by atoms with van der Waals surface area (Å²) in [4.78, 5) is 13.6. The van der Waals surface area contributed by atoms with E-state index >= 15 is 0 Å². The van der Waals surface area contributed by atoms with E-state index in [0.717, 1.165) is 31.3 Å². The number of allylic oxidation sites excluding steroid dienone is 1. The quantitative estimate of drug-likeness (QED) is 0.509. The monoisotopic (exact) mass is 504 g/mol. The van der Waals surface area contributed by atoms with Gasteiger partial charge in [0.2, 0.25) is 0 Å². The molecule has 36 heavy (non-hydrogen) atoms. The summed E-state index contributed by atoms with van der Waals surface area (Å²) < 4.78 is 12.4. The molecule has 3 saturated carbocycles. The molecule has 1 saturated heterocycles. The van der Waals surface area contributed by atoms with Crippen LogP contribution in [0.25, 0.3) is 0 Å².